The third-order valence-corrected chi connectivity index (χ3v) is 4.87. The van der Waals surface area contributed by atoms with E-state index in [9.17, 15) is 27.6 Å². The molecular formula is C20H20F3N3O4S. The fourth-order valence-corrected chi connectivity index (χ4v) is 3.08. The number of carbonyl (C=O) groups is 3. The van der Waals surface area contributed by atoms with Crippen LogP contribution < -0.4 is 15.4 Å². The van der Waals surface area contributed by atoms with Gasteiger partial charge in [-0.1, -0.05) is 0 Å². The Labute approximate surface area is 180 Å². The number of likely N-dealkylation sites (N-methyl/N-ethyl adjacent to an activating group) is 1. The number of carbonyl (C=O) groups excluding carboxylic acids is 3. The van der Waals surface area contributed by atoms with Crippen LogP contribution >= 0.6 is 11.8 Å². The minimum atomic E-state index is -1.70. The van der Waals surface area contributed by atoms with E-state index in [2.05, 4.69) is 10.6 Å². The van der Waals surface area contributed by atoms with E-state index in [-0.39, 0.29) is 17.4 Å². The number of thioether (sulfide) groups is 1. The van der Waals surface area contributed by atoms with Gasteiger partial charge in [-0.15, -0.1) is 11.8 Å². The number of amides is 3. The second-order valence-electron chi connectivity index (χ2n) is 6.29. The fraction of sp³-hybridized carbons (Fsp3) is 0.250. The van der Waals surface area contributed by atoms with Crippen LogP contribution in [0.2, 0.25) is 0 Å². The SMILES string of the molecule is COc1ccc(NC(=O)CSCC(=O)N(C)CC(=O)Nc2ccc(F)c(F)c2F)cc1. The predicted molar refractivity (Wildman–Crippen MR) is 112 cm³/mol. The van der Waals surface area contributed by atoms with Gasteiger partial charge in [0.15, 0.2) is 17.5 Å². The van der Waals surface area contributed by atoms with Crippen molar-refractivity contribution >= 4 is 40.9 Å². The maximum atomic E-state index is 13.6. The summed E-state index contributed by atoms with van der Waals surface area (Å²) in [6.07, 6.45) is 0. The first-order valence-electron chi connectivity index (χ1n) is 8.90. The molecule has 0 spiro atoms. The van der Waals surface area contributed by atoms with E-state index >= 15 is 0 Å². The van der Waals surface area contributed by atoms with Crippen LogP contribution in [-0.2, 0) is 14.4 Å². The molecule has 0 aliphatic rings. The molecule has 2 aromatic carbocycles. The van der Waals surface area contributed by atoms with Gasteiger partial charge in [0, 0.05) is 12.7 Å². The van der Waals surface area contributed by atoms with Crippen molar-refractivity contribution in [3.63, 3.8) is 0 Å². The van der Waals surface area contributed by atoms with Crippen molar-refractivity contribution in [2.75, 3.05) is 42.8 Å². The van der Waals surface area contributed by atoms with E-state index in [4.69, 9.17) is 4.74 Å². The zero-order chi connectivity index (χ0) is 23.0. The van der Waals surface area contributed by atoms with Gasteiger partial charge in [-0.2, -0.15) is 0 Å². The second kappa shape index (κ2) is 11.3. The van der Waals surface area contributed by atoms with E-state index in [0.717, 1.165) is 22.7 Å². The number of rotatable bonds is 9. The monoisotopic (exact) mass is 455 g/mol. The lowest BCUT2D eigenvalue weighted by Crippen LogP contribution is -2.36. The highest BCUT2D eigenvalue weighted by Gasteiger charge is 2.18. The lowest BCUT2D eigenvalue weighted by atomic mass is 10.2. The number of halogens is 3. The molecule has 0 saturated heterocycles. The highest BCUT2D eigenvalue weighted by atomic mass is 32.2. The summed E-state index contributed by atoms with van der Waals surface area (Å²) in [7, 11) is 2.88. The average Bonchev–Trinajstić information content (AvgIpc) is 2.74. The quantitative estimate of drug-likeness (QED) is 0.568. The molecule has 166 valence electrons. The lowest BCUT2D eigenvalue weighted by Gasteiger charge is -2.17. The molecule has 7 nitrogen and oxygen atoms in total. The molecule has 2 rings (SSSR count). The summed E-state index contributed by atoms with van der Waals surface area (Å²) in [5.74, 6) is -5.55. The minimum absolute atomic E-state index is 0.0118. The predicted octanol–water partition coefficient (Wildman–Crippen LogP) is 2.88. The first-order valence-corrected chi connectivity index (χ1v) is 10.1. The molecule has 0 saturated carbocycles. The number of hydrogen-bond donors (Lipinski definition) is 2. The molecule has 11 heteroatoms. The molecule has 0 atom stereocenters. The van der Waals surface area contributed by atoms with Gasteiger partial charge in [-0.25, -0.2) is 13.2 Å². The van der Waals surface area contributed by atoms with Crippen molar-refractivity contribution in [1.29, 1.82) is 0 Å². The molecule has 0 heterocycles. The van der Waals surface area contributed by atoms with Crippen molar-refractivity contribution in [2.45, 2.75) is 0 Å². The van der Waals surface area contributed by atoms with E-state index < -0.39 is 41.5 Å². The maximum absolute atomic E-state index is 13.6. The minimum Gasteiger partial charge on any atom is -0.497 e. The van der Waals surface area contributed by atoms with Gasteiger partial charge in [-0.3, -0.25) is 14.4 Å². The van der Waals surface area contributed by atoms with Crippen LogP contribution in [0, 0.1) is 17.5 Å². The van der Waals surface area contributed by atoms with Gasteiger partial charge < -0.3 is 20.3 Å². The molecule has 2 aromatic rings. The Kier molecular flexibility index (Phi) is 8.74. The van der Waals surface area contributed by atoms with Gasteiger partial charge >= 0.3 is 0 Å². The third kappa shape index (κ3) is 7.21. The van der Waals surface area contributed by atoms with Gasteiger partial charge in [0.1, 0.15) is 5.75 Å². The topological polar surface area (TPSA) is 87.7 Å². The van der Waals surface area contributed by atoms with Crippen LogP contribution in [0.3, 0.4) is 0 Å². The highest BCUT2D eigenvalue weighted by Crippen LogP contribution is 2.19. The summed E-state index contributed by atoms with van der Waals surface area (Å²) in [5.41, 5.74) is 0.0466. The molecule has 2 N–H and O–H groups in total. The molecule has 0 unspecified atom stereocenters. The molecule has 0 bridgehead atoms. The third-order valence-electron chi connectivity index (χ3n) is 3.95. The summed E-state index contributed by atoms with van der Waals surface area (Å²) in [6.45, 7) is -0.435. The fourth-order valence-electron chi connectivity index (χ4n) is 2.33. The summed E-state index contributed by atoms with van der Waals surface area (Å²) >= 11 is 1.05. The smallest absolute Gasteiger partial charge is 0.244 e. The van der Waals surface area contributed by atoms with Gasteiger partial charge in [0.25, 0.3) is 0 Å². The first-order chi connectivity index (χ1) is 14.7. The van der Waals surface area contributed by atoms with Gasteiger partial charge in [0.05, 0.1) is 30.8 Å². The number of nitrogens with zero attached hydrogens (tertiary/aromatic N) is 1. The van der Waals surface area contributed by atoms with E-state index in [1.165, 1.54) is 14.2 Å². The number of methoxy groups -OCH3 is 1. The Morgan fingerprint density at radius 2 is 1.61 bits per heavy atom. The van der Waals surface area contributed by atoms with E-state index in [1.54, 1.807) is 24.3 Å². The number of ether oxygens (including phenoxy) is 1. The Balaban J connectivity index is 1.74. The average molecular weight is 455 g/mol. The zero-order valence-corrected chi connectivity index (χ0v) is 17.5. The van der Waals surface area contributed by atoms with Crippen LogP contribution in [0.25, 0.3) is 0 Å². The summed E-state index contributed by atoms with van der Waals surface area (Å²) in [6, 6.07) is 8.29. The van der Waals surface area contributed by atoms with Crippen molar-refractivity contribution < 1.29 is 32.3 Å². The maximum Gasteiger partial charge on any atom is 0.244 e. The summed E-state index contributed by atoms with van der Waals surface area (Å²) in [4.78, 5) is 37.1. The molecule has 3 amide bonds. The van der Waals surface area contributed by atoms with Crippen LogP contribution in [0.4, 0.5) is 24.5 Å². The Morgan fingerprint density at radius 1 is 0.935 bits per heavy atom. The zero-order valence-electron chi connectivity index (χ0n) is 16.7. The van der Waals surface area contributed by atoms with Crippen LogP contribution in [-0.4, -0.2) is 54.8 Å². The van der Waals surface area contributed by atoms with Crippen molar-refractivity contribution in [3.8, 4) is 5.75 Å². The highest BCUT2D eigenvalue weighted by molar-refractivity contribution is 8.00. The van der Waals surface area contributed by atoms with Crippen molar-refractivity contribution in [3.05, 3.63) is 53.8 Å². The largest absolute Gasteiger partial charge is 0.497 e. The Morgan fingerprint density at radius 3 is 2.26 bits per heavy atom. The van der Waals surface area contributed by atoms with Crippen LogP contribution in [0.5, 0.6) is 5.75 Å². The number of hydrogen-bond acceptors (Lipinski definition) is 5. The molecule has 0 aliphatic heterocycles. The lowest BCUT2D eigenvalue weighted by molar-refractivity contribution is -0.131. The van der Waals surface area contributed by atoms with Crippen molar-refractivity contribution in [2.24, 2.45) is 0 Å². The van der Waals surface area contributed by atoms with Crippen LogP contribution in [0.15, 0.2) is 36.4 Å². The van der Waals surface area contributed by atoms with Gasteiger partial charge in [-0.05, 0) is 36.4 Å². The molecule has 0 aliphatic carbocycles. The molecule has 0 aromatic heterocycles. The number of anilines is 2. The molecular weight excluding hydrogens is 435 g/mol. The molecule has 0 radical (unpaired) electrons. The number of benzene rings is 2. The van der Waals surface area contributed by atoms with Crippen molar-refractivity contribution in [1.82, 2.24) is 4.90 Å². The summed E-state index contributed by atoms with van der Waals surface area (Å²) < 4.78 is 44.8. The van der Waals surface area contributed by atoms with E-state index in [1.807, 2.05) is 0 Å². The van der Waals surface area contributed by atoms with Crippen LogP contribution in [0.1, 0.15) is 0 Å². The molecule has 0 fully saturated rings. The number of nitrogens with one attached hydrogen (secondary N) is 2. The summed E-state index contributed by atoms with van der Waals surface area (Å²) in [5, 5.41) is 4.75. The Hall–Kier alpha value is -3.21. The Bertz CT molecular complexity index is 957. The first kappa shape index (κ1) is 24.1. The normalized spacial score (nSPS) is 10.4. The van der Waals surface area contributed by atoms with E-state index in [0.29, 0.717) is 17.5 Å². The second-order valence-corrected chi connectivity index (χ2v) is 7.28. The molecule has 31 heavy (non-hydrogen) atoms. The standard InChI is InChI=1S/C20H20F3N3O4S/c1-26(9-16(27)25-15-8-7-14(21)19(22)20(15)23)18(29)11-31-10-17(28)24-12-3-5-13(30-2)6-4-12/h3-8H,9-11H2,1-2H3,(H,24,28)(H,25,27). The van der Waals surface area contributed by atoms with Gasteiger partial charge in [0.2, 0.25) is 17.7 Å².